The first-order valence-electron chi connectivity index (χ1n) is 5.76. The highest BCUT2D eigenvalue weighted by molar-refractivity contribution is 6.18. The zero-order valence-electron chi connectivity index (χ0n) is 9.58. The number of alkyl halides is 1. The van der Waals surface area contributed by atoms with E-state index in [1.807, 2.05) is 11.8 Å². The Morgan fingerprint density at radius 3 is 3.00 bits per heavy atom. The molecule has 16 heavy (non-hydrogen) atoms. The smallest absolute Gasteiger partial charge is 0.254 e. The Kier molecular flexibility index (Phi) is 3.72. The maximum Gasteiger partial charge on any atom is 0.254 e. The van der Waals surface area contributed by atoms with E-state index in [2.05, 4.69) is 0 Å². The molecule has 2 saturated heterocycles. The van der Waals surface area contributed by atoms with Gasteiger partial charge in [-0.3, -0.25) is 4.79 Å². The number of halogens is 1. The molecule has 0 aromatic carbocycles. The molecule has 0 aliphatic carbocycles. The van der Waals surface area contributed by atoms with Crippen LogP contribution in [0.3, 0.4) is 0 Å². The molecular formula is C11H18ClNO3. The van der Waals surface area contributed by atoms with Gasteiger partial charge in [-0.2, -0.15) is 0 Å². The van der Waals surface area contributed by atoms with Gasteiger partial charge in [0.1, 0.15) is 5.60 Å². The van der Waals surface area contributed by atoms with Crippen LogP contribution >= 0.6 is 11.6 Å². The zero-order valence-corrected chi connectivity index (χ0v) is 10.3. The van der Waals surface area contributed by atoms with Gasteiger partial charge in [0, 0.05) is 19.7 Å². The third kappa shape index (κ3) is 2.34. The van der Waals surface area contributed by atoms with Gasteiger partial charge in [0.15, 0.2) is 0 Å². The van der Waals surface area contributed by atoms with Crippen molar-refractivity contribution in [1.82, 2.24) is 4.90 Å². The van der Waals surface area contributed by atoms with Crippen molar-refractivity contribution in [3.8, 4) is 0 Å². The van der Waals surface area contributed by atoms with Gasteiger partial charge in [-0.05, 0) is 19.8 Å². The first-order chi connectivity index (χ1) is 7.65. The van der Waals surface area contributed by atoms with E-state index in [4.69, 9.17) is 21.1 Å². The molecule has 2 aliphatic heterocycles. The van der Waals surface area contributed by atoms with Crippen molar-refractivity contribution in [2.75, 3.05) is 32.2 Å². The average Bonchev–Trinajstić information content (AvgIpc) is 2.76. The van der Waals surface area contributed by atoms with Crippen LogP contribution in [0.1, 0.15) is 19.8 Å². The summed E-state index contributed by atoms with van der Waals surface area (Å²) >= 11 is 5.75. The Morgan fingerprint density at radius 1 is 1.56 bits per heavy atom. The molecule has 0 bridgehead atoms. The fourth-order valence-electron chi connectivity index (χ4n) is 2.28. The lowest BCUT2D eigenvalue weighted by molar-refractivity contribution is -0.157. The zero-order chi connectivity index (χ0) is 11.6. The van der Waals surface area contributed by atoms with Crippen LogP contribution in [0.4, 0.5) is 0 Å². The van der Waals surface area contributed by atoms with Gasteiger partial charge in [-0.1, -0.05) is 0 Å². The van der Waals surface area contributed by atoms with Crippen molar-refractivity contribution in [3.63, 3.8) is 0 Å². The normalized spacial score (nSPS) is 35.4. The highest BCUT2D eigenvalue weighted by atomic mass is 35.5. The number of ether oxygens (including phenoxy) is 2. The highest BCUT2D eigenvalue weighted by Crippen LogP contribution is 2.28. The van der Waals surface area contributed by atoms with E-state index in [1.54, 1.807) is 0 Å². The second-order valence-electron chi connectivity index (χ2n) is 4.58. The van der Waals surface area contributed by atoms with Gasteiger partial charge in [0.2, 0.25) is 0 Å². The molecule has 2 rings (SSSR count). The first-order valence-corrected chi connectivity index (χ1v) is 6.30. The fraction of sp³-hybridized carbons (Fsp3) is 0.909. The second-order valence-corrected chi connectivity index (χ2v) is 4.89. The predicted octanol–water partition coefficient (Wildman–Crippen LogP) is 1.02. The Balaban J connectivity index is 1.98. The molecule has 0 aromatic rings. The number of carbonyl (C=O) groups excluding carboxylic acids is 1. The lowest BCUT2D eigenvalue weighted by atomic mass is 10.0. The van der Waals surface area contributed by atoms with Crippen LogP contribution in [0, 0.1) is 0 Å². The van der Waals surface area contributed by atoms with Crippen LogP contribution in [0.25, 0.3) is 0 Å². The van der Waals surface area contributed by atoms with E-state index in [9.17, 15) is 4.79 Å². The molecule has 0 N–H and O–H groups in total. The van der Waals surface area contributed by atoms with E-state index < -0.39 is 5.60 Å². The Bertz CT molecular complexity index is 266. The molecule has 0 radical (unpaired) electrons. The molecular weight excluding hydrogens is 230 g/mol. The van der Waals surface area contributed by atoms with Crippen molar-refractivity contribution < 1.29 is 14.3 Å². The van der Waals surface area contributed by atoms with Gasteiger partial charge in [-0.25, -0.2) is 0 Å². The van der Waals surface area contributed by atoms with Crippen molar-refractivity contribution >= 4 is 17.5 Å². The summed E-state index contributed by atoms with van der Waals surface area (Å²) in [6.07, 6.45) is 1.74. The number of hydrogen-bond donors (Lipinski definition) is 0. The van der Waals surface area contributed by atoms with Crippen LogP contribution < -0.4 is 0 Å². The van der Waals surface area contributed by atoms with Crippen molar-refractivity contribution in [2.45, 2.75) is 31.5 Å². The van der Waals surface area contributed by atoms with Crippen LogP contribution in [0.2, 0.25) is 0 Å². The van der Waals surface area contributed by atoms with Gasteiger partial charge < -0.3 is 14.4 Å². The number of morpholine rings is 1. The summed E-state index contributed by atoms with van der Waals surface area (Å²) in [4.78, 5) is 14.1. The van der Waals surface area contributed by atoms with Gasteiger partial charge >= 0.3 is 0 Å². The summed E-state index contributed by atoms with van der Waals surface area (Å²) in [5, 5.41) is 0. The molecule has 2 unspecified atom stereocenters. The fourth-order valence-corrected chi connectivity index (χ4v) is 2.47. The SMILES string of the molecule is CC1(C(=O)N2CCOC(CCl)C2)CCCO1. The average molecular weight is 248 g/mol. The molecule has 4 nitrogen and oxygen atoms in total. The van der Waals surface area contributed by atoms with E-state index in [-0.39, 0.29) is 12.0 Å². The van der Waals surface area contributed by atoms with Crippen LogP contribution in [0.5, 0.6) is 0 Å². The molecule has 0 spiro atoms. The third-order valence-electron chi connectivity index (χ3n) is 3.27. The molecule has 2 aliphatic rings. The quantitative estimate of drug-likeness (QED) is 0.684. The summed E-state index contributed by atoms with van der Waals surface area (Å²) in [6.45, 7) is 4.37. The predicted molar refractivity (Wildman–Crippen MR) is 60.6 cm³/mol. The monoisotopic (exact) mass is 247 g/mol. The third-order valence-corrected chi connectivity index (χ3v) is 3.61. The molecule has 92 valence electrons. The van der Waals surface area contributed by atoms with Crippen LogP contribution in [-0.2, 0) is 14.3 Å². The van der Waals surface area contributed by atoms with Crippen molar-refractivity contribution in [2.24, 2.45) is 0 Å². The lowest BCUT2D eigenvalue weighted by Crippen LogP contribution is -2.53. The minimum absolute atomic E-state index is 0.0376. The molecule has 0 saturated carbocycles. The Labute approximate surface area is 101 Å². The second kappa shape index (κ2) is 4.90. The molecule has 2 fully saturated rings. The molecule has 2 heterocycles. The molecule has 0 aromatic heterocycles. The maximum absolute atomic E-state index is 12.3. The largest absolute Gasteiger partial charge is 0.373 e. The van der Waals surface area contributed by atoms with Gasteiger partial charge in [0.25, 0.3) is 5.91 Å². The Hall–Kier alpha value is -0.320. The first kappa shape index (κ1) is 12.1. The summed E-state index contributed by atoms with van der Waals surface area (Å²) < 4.78 is 11.0. The number of nitrogens with zero attached hydrogens (tertiary/aromatic N) is 1. The van der Waals surface area contributed by atoms with E-state index in [1.165, 1.54) is 0 Å². The Morgan fingerprint density at radius 2 is 2.38 bits per heavy atom. The van der Waals surface area contributed by atoms with E-state index in [0.717, 1.165) is 12.8 Å². The van der Waals surface area contributed by atoms with Gasteiger partial charge in [0.05, 0.1) is 18.6 Å². The van der Waals surface area contributed by atoms with Crippen LogP contribution in [-0.4, -0.2) is 54.7 Å². The minimum Gasteiger partial charge on any atom is -0.373 e. The topological polar surface area (TPSA) is 38.8 Å². The van der Waals surface area contributed by atoms with Gasteiger partial charge in [-0.15, -0.1) is 11.6 Å². The standard InChI is InChI=1S/C11H18ClNO3/c1-11(3-2-5-16-11)10(14)13-4-6-15-9(7-12)8-13/h9H,2-8H2,1H3. The molecule has 2 atom stereocenters. The van der Waals surface area contributed by atoms with Crippen molar-refractivity contribution in [1.29, 1.82) is 0 Å². The number of amides is 1. The highest BCUT2D eigenvalue weighted by Gasteiger charge is 2.41. The number of hydrogen-bond acceptors (Lipinski definition) is 3. The van der Waals surface area contributed by atoms with Crippen LogP contribution in [0.15, 0.2) is 0 Å². The summed E-state index contributed by atoms with van der Waals surface area (Å²) in [5.74, 6) is 0.518. The molecule has 1 amide bonds. The van der Waals surface area contributed by atoms with Crippen molar-refractivity contribution in [3.05, 3.63) is 0 Å². The number of carbonyl (C=O) groups is 1. The maximum atomic E-state index is 12.3. The summed E-state index contributed by atoms with van der Waals surface area (Å²) in [7, 11) is 0. The van der Waals surface area contributed by atoms with E-state index >= 15 is 0 Å². The lowest BCUT2D eigenvalue weighted by Gasteiger charge is -2.36. The summed E-state index contributed by atoms with van der Waals surface area (Å²) in [5.41, 5.74) is -0.617. The van der Waals surface area contributed by atoms with E-state index in [0.29, 0.717) is 32.2 Å². The minimum atomic E-state index is -0.617. The molecule has 5 heteroatoms. The number of rotatable bonds is 2. The summed E-state index contributed by atoms with van der Waals surface area (Å²) in [6, 6.07) is 0.